The van der Waals surface area contributed by atoms with E-state index in [1.165, 1.54) is 10.4 Å². The normalized spacial score (nSPS) is 15.9. The minimum Gasteiger partial charge on any atom is -0.492 e. The molecule has 1 fully saturated rings. The Morgan fingerprint density at radius 3 is 2.58 bits per heavy atom. The van der Waals surface area contributed by atoms with Gasteiger partial charge in [-0.1, -0.05) is 6.42 Å². The van der Waals surface area contributed by atoms with Gasteiger partial charge in [-0.05, 0) is 45.0 Å². The van der Waals surface area contributed by atoms with E-state index >= 15 is 0 Å². The van der Waals surface area contributed by atoms with Crippen LogP contribution < -0.4 is 15.4 Å². The monoisotopic (exact) mass is 355 g/mol. The Kier molecular flexibility index (Phi) is 6.59. The lowest BCUT2D eigenvalue weighted by molar-refractivity contribution is -0.115. The molecule has 0 bridgehead atoms. The molecule has 0 radical (unpaired) electrons. The van der Waals surface area contributed by atoms with E-state index in [4.69, 9.17) is 4.74 Å². The molecule has 0 saturated carbocycles. The Bertz CT molecular complexity index is 670. The summed E-state index contributed by atoms with van der Waals surface area (Å²) in [7, 11) is -1.97. The highest BCUT2D eigenvalue weighted by Gasteiger charge is 2.29. The van der Waals surface area contributed by atoms with Crippen LogP contribution in [0.5, 0.6) is 5.75 Å². The Hall–Kier alpha value is -1.64. The van der Waals surface area contributed by atoms with Gasteiger partial charge in [0.15, 0.2) is 0 Å². The highest BCUT2D eigenvalue weighted by Crippen LogP contribution is 2.31. The molecule has 1 aliphatic heterocycles. The van der Waals surface area contributed by atoms with Crippen LogP contribution in [0.1, 0.15) is 26.2 Å². The zero-order valence-corrected chi connectivity index (χ0v) is 15.0. The maximum atomic E-state index is 13.0. The number of likely N-dealkylation sites (N-methyl/N-ethyl adjacent to an activating group) is 1. The van der Waals surface area contributed by atoms with Crippen LogP contribution in [0.25, 0.3) is 0 Å². The van der Waals surface area contributed by atoms with Crippen molar-refractivity contribution in [2.45, 2.75) is 31.1 Å². The van der Waals surface area contributed by atoms with Crippen molar-refractivity contribution in [1.82, 2.24) is 9.62 Å². The lowest BCUT2D eigenvalue weighted by atomic mass is 10.2. The van der Waals surface area contributed by atoms with Crippen LogP contribution in [-0.4, -0.2) is 51.9 Å². The Labute approximate surface area is 143 Å². The molecule has 0 unspecified atom stereocenters. The van der Waals surface area contributed by atoms with E-state index in [0.29, 0.717) is 31.1 Å². The number of carbonyl (C=O) groups is 1. The number of anilines is 1. The van der Waals surface area contributed by atoms with Gasteiger partial charge in [0.05, 0.1) is 13.2 Å². The molecular weight excluding hydrogens is 330 g/mol. The molecule has 1 amide bonds. The van der Waals surface area contributed by atoms with Crippen molar-refractivity contribution in [2.75, 3.05) is 38.6 Å². The van der Waals surface area contributed by atoms with E-state index in [-0.39, 0.29) is 17.3 Å². The quantitative estimate of drug-likeness (QED) is 0.772. The number of amides is 1. The zero-order chi connectivity index (χ0) is 17.6. The largest absolute Gasteiger partial charge is 0.492 e. The molecule has 2 N–H and O–H groups in total. The van der Waals surface area contributed by atoms with Crippen molar-refractivity contribution in [3.05, 3.63) is 18.2 Å². The molecule has 1 aromatic carbocycles. The summed E-state index contributed by atoms with van der Waals surface area (Å²) in [6.45, 7) is 3.36. The molecule has 7 nitrogen and oxygen atoms in total. The summed E-state index contributed by atoms with van der Waals surface area (Å²) in [6.07, 6.45) is 2.77. The molecule has 0 aromatic heterocycles. The summed E-state index contributed by atoms with van der Waals surface area (Å²) < 4.78 is 32.9. The van der Waals surface area contributed by atoms with E-state index in [1.807, 2.05) is 0 Å². The molecule has 0 atom stereocenters. The second-order valence-electron chi connectivity index (χ2n) is 5.64. The smallest absolute Gasteiger partial charge is 0.246 e. The van der Waals surface area contributed by atoms with Crippen LogP contribution in [0.2, 0.25) is 0 Å². The second-order valence-corrected chi connectivity index (χ2v) is 7.54. The number of nitrogens with one attached hydrogen (secondary N) is 2. The van der Waals surface area contributed by atoms with E-state index in [1.54, 1.807) is 26.1 Å². The van der Waals surface area contributed by atoms with Gasteiger partial charge in [-0.2, -0.15) is 4.31 Å². The van der Waals surface area contributed by atoms with Gasteiger partial charge in [0.2, 0.25) is 15.9 Å². The molecule has 1 aromatic rings. The van der Waals surface area contributed by atoms with E-state index in [9.17, 15) is 13.2 Å². The number of hydrogen-bond acceptors (Lipinski definition) is 5. The van der Waals surface area contributed by atoms with Crippen LogP contribution in [-0.2, 0) is 14.8 Å². The number of nitrogens with zero attached hydrogens (tertiary/aromatic N) is 1. The third kappa shape index (κ3) is 4.46. The number of benzene rings is 1. The van der Waals surface area contributed by atoms with Crippen molar-refractivity contribution in [1.29, 1.82) is 0 Å². The fraction of sp³-hybridized carbons (Fsp3) is 0.562. The summed E-state index contributed by atoms with van der Waals surface area (Å²) >= 11 is 0. The number of sulfonamides is 1. The number of hydrogen-bond donors (Lipinski definition) is 2. The van der Waals surface area contributed by atoms with Crippen LogP contribution in [0.3, 0.4) is 0 Å². The number of carbonyl (C=O) groups excluding carboxylic acids is 1. The van der Waals surface area contributed by atoms with Crippen molar-refractivity contribution in [2.24, 2.45) is 0 Å². The minimum absolute atomic E-state index is 0.105. The van der Waals surface area contributed by atoms with Crippen LogP contribution in [0.15, 0.2) is 23.1 Å². The summed E-state index contributed by atoms with van der Waals surface area (Å²) in [4.78, 5) is 11.8. The summed E-state index contributed by atoms with van der Waals surface area (Å²) in [5, 5.41) is 5.44. The van der Waals surface area contributed by atoms with E-state index < -0.39 is 10.0 Å². The van der Waals surface area contributed by atoms with Gasteiger partial charge in [0.1, 0.15) is 10.6 Å². The molecule has 24 heavy (non-hydrogen) atoms. The highest BCUT2D eigenvalue weighted by atomic mass is 32.2. The Morgan fingerprint density at radius 1 is 1.25 bits per heavy atom. The Balaban J connectivity index is 2.35. The first-order valence-corrected chi connectivity index (χ1v) is 9.64. The van der Waals surface area contributed by atoms with E-state index in [0.717, 1.165) is 19.3 Å². The number of ether oxygens (including phenoxy) is 1. The van der Waals surface area contributed by atoms with Crippen molar-refractivity contribution < 1.29 is 17.9 Å². The first kappa shape index (κ1) is 18.7. The van der Waals surface area contributed by atoms with Gasteiger partial charge in [-0.25, -0.2) is 8.42 Å². The average Bonchev–Trinajstić information content (AvgIpc) is 2.57. The molecule has 1 saturated heterocycles. The maximum Gasteiger partial charge on any atom is 0.246 e. The minimum atomic E-state index is -3.64. The molecule has 2 rings (SSSR count). The van der Waals surface area contributed by atoms with Gasteiger partial charge >= 0.3 is 0 Å². The van der Waals surface area contributed by atoms with Crippen LogP contribution >= 0.6 is 0 Å². The summed E-state index contributed by atoms with van der Waals surface area (Å²) in [6, 6.07) is 4.71. The molecule has 134 valence electrons. The SMILES string of the molecule is CCOc1ccc(NC(=O)CNC)cc1S(=O)(=O)N1CCCCC1. The van der Waals surface area contributed by atoms with Crippen LogP contribution in [0.4, 0.5) is 5.69 Å². The molecule has 0 spiro atoms. The van der Waals surface area contributed by atoms with Crippen molar-refractivity contribution >= 4 is 21.6 Å². The van der Waals surface area contributed by atoms with Gasteiger partial charge < -0.3 is 15.4 Å². The van der Waals surface area contributed by atoms with Gasteiger partial charge in [-0.3, -0.25) is 4.79 Å². The fourth-order valence-corrected chi connectivity index (χ4v) is 4.35. The van der Waals surface area contributed by atoms with Crippen LogP contribution in [0, 0.1) is 0 Å². The molecule has 8 heteroatoms. The van der Waals surface area contributed by atoms with Gasteiger partial charge in [0, 0.05) is 18.8 Å². The topological polar surface area (TPSA) is 87.7 Å². The standard InChI is InChI=1S/C16H25N3O4S/c1-3-23-14-8-7-13(18-16(20)12-17-2)11-15(14)24(21,22)19-9-5-4-6-10-19/h7-8,11,17H,3-6,9-10,12H2,1-2H3,(H,18,20). The molecule has 0 aliphatic carbocycles. The third-order valence-electron chi connectivity index (χ3n) is 3.80. The number of piperidine rings is 1. The summed E-state index contributed by atoms with van der Waals surface area (Å²) in [5.74, 6) is 0.0812. The number of rotatable bonds is 7. The fourth-order valence-electron chi connectivity index (χ4n) is 2.67. The average molecular weight is 355 g/mol. The first-order chi connectivity index (χ1) is 11.5. The lowest BCUT2D eigenvalue weighted by Crippen LogP contribution is -2.35. The lowest BCUT2D eigenvalue weighted by Gasteiger charge is -2.27. The Morgan fingerprint density at radius 2 is 1.96 bits per heavy atom. The molecular formula is C16H25N3O4S. The highest BCUT2D eigenvalue weighted by molar-refractivity contribution is 7.89. The molecule has 1 aliphatic rings. The molecule has 1 heterocycles. The maximum absolute atomic E-state index is 13.0. The van der Waals surface area contributed by atoms with Crippen molar-refractivity contribution in [3.8, 4) is 5.75 Å². The summed E-state index contributed by atoms with van der Waals surface area (Å²) in [5.41, 5.74) is 0.439. The second kappa shape index (κ2) is 8.46. The first-order valence-electron chi connectivity index (χ1n) is 8.20. The zero-order valence-electron chi connectivity index (χ0n) is 14.2. The third-order valence-corrected chi connectivity index (χ3v) is 5.72. The van der Waals surface area contributed by atoms with Crippen molar-refractivity contribution in [3.63, 3.8) is 0 Å². The predicted octanol–water partition coefficient (Wildman–Crippen LogP) is 1.42. The van der Waals surface area contributed by atoms with E-state index in [2.05, 4.69) is 10.6 Å². The van der Waals surface area contributed by atoms with Gasteiger partial charge in [-0.15, -0.1) is 0 Å². The van der Waals surface area contributed by atoms with Gasteiger partial charge in [0.25, 0.3) is 0 Å². The predicted molar refractivity (Wildman–Crippen MR) is 92.8 cm³/mol.